The van der Waals surface area contributed by atoms with Crippen LogP contribution >= 0.6 is 0 Å². The van der Waals surface area contributed by atoms with Gasteiger partial charge in [0.15, 0.2) is 0 Å². The van der Waals surface area contributed by atoms with Crippen LogP contribution in [0.2, 0.25) is 0 Å². The number of ether oxygens (including phenoxy) is 2. The van der Waals surface area contributed by atoms with E-state index in [0.717, 1.165) is 5.56 Å². The van der Waals surface area contributed by atoms with Crippen molar-refractivity contribution >= 4 is 23.8 Å². The predicted molar refractivity (Wildman–Crippen MR) is 88.1 cm³/mol. The number of benzene rings is 1. The monoisotopic (exact) mass is 318 g/mol. The molecule has 1 aromatic carbocycles. The molecular weight excluding hydrogens is 296 g/mol. The van der Waals surface area contributed by atoms with Crippen molar-refractivity contribution in [2.24, 2.45) is 0 Å². The molecule has 0 spiro atoms. The normalized spacial score (nSPS) is 18.0. The number of esters is 1. The molecule has 2 rings (SSSR count). The number of carbonyl (C=O) groups excluding carboxylic acids is 2. The maximum atomic E-state index is 12.2. The minimum absolute atomic E-state index is 0.0601. The van der Waals surface area contributed by atoms with Crippen LogP contribution in [-0.4, -0.2) is 49.3 Å². The molecule has 0 aromatic heterocycles. The number of rotatable bonds is 4. The number of hydrogen-bond acceptors (Lipinski definition) is 4. The highest BCUT2D eigenvalue weighted by atomic mass is 16.5. The van der Waals surface area contributed by atoms with Crippen LogP contribution < -0.4 is 5.32 Å². The number of urea groups is 1. The molecule has 1 aliphatic heterocycles. The van der Waals surface area contributed by atoms with Crippen molar-refractivity contribution < 1.29 is 19.1 Å². The molecule has 23 heavy (non-hydrogen) atoms. The van der Waals surface area contributed by atoms with E-state index in [1.807, 2.05) is 19.1 Å². The zero-order chi connectivity index (χ0) is 16.7. The Morgan fingerprint density at radius 3 is 2.78 bits per heavy atom. The third-order valence-corrected chi connectivity index (χ3v) is 3.39. The Hall–Kier alpha value is -2.34. The number of hydrogen-bond donors (Lipinski definition) is 1. The van der Waals surface area contributed by atoms with Gasteiger partial charge >= 0.3 is 12.0 Å². The van der Waals surface area contributed by atoms with Gasteiger partial charge in [0.25, 0.3) is 0 Å². The van der Waals surface area contributed by atoms with Crippen LogP contribution in [0.5, 0.6) is 0 Å². The van der Waals surface area contributed by atoms with Gasteiger partial charge in [-0.25, -0.2) is 9.59 Å². The summed E-state index contributed by atoms with van der Waals surface area (Å²) < 4.78 is 10.2. The lowest BCUT2D eigenvalue weighted by Gasteiger charge is -2.31. The summed E-state index contributed by atoms with van der Waals surface area (Å²) in [5.74, 6) is -0.369. The molecule has 6 nitrogen and oxygen atoms in total. The second kappa shape index (κ2) is 8.33. The summed E-state index contributed by atoms with van der Waals surface area (Å²) in [5, 5.41) is 2.86. The zero-order valence-electron chi connectivity index (χ0n) is 13.5. The van der Waals surface area contributed by atoms with E-state index in [1.54, 1.807) is 30.0 Å². The molecule has 1 atom stereocenters. The summed E-state index contributed by atoms with van der Waals surface area (Å²) >= 11 is 0. The Kier molecular flexibility index (Phi) is 6.17. The Balaban J connectivity index is 1.89. The summed E-state index contributed by atoms with van der Waals surface area (Å²) in [6, 6.07) is 7.12. The van der Waals surface area contributed by atoms with Crippen LogP contribution in [0.3, 0.4) is 0 Å². The Labute approximate surface area is 136 Å². The van der Waals surface area contributed by atoms with Gasteiger partial charge in [-0.3, -0.25) is 0 Å². The first-order valence-electron chi connectivity index (χ1n) is 7.71. The Morgan fingerprint density at radius 2 is 2.13 bits per heavy atom. The maximum Gasteiger partial charge on any atom is 0.330 e. The van der Waals surface area contributed by atoms with Crippen molar-refractivity contribution in [2.45, 2.75) is 20.0 Å². The van der Waals surface area contributed by atoms with Gasteiger partial charge in [-0.2, -0.15) is 0 Å². The fourth-order valence-electron chi connectivity index (χ4n) is 2.24. The summed E-state index contributed by atoms with van der Waals surface area (Å²) in [6.45, 7) is 5.81. The molecule has 1 unspecified atom stereocenters. The van der Waals surface area contributed by atoms with Crippen LogP contribution in [0, 0.1) is 0 Å². The van der Waals surface area contributed by atoms with Crippen LogP contribution in [0.15, 0.2) is 30.3 Å². The molecule has 1 heterocycles. The van der Waals surface area contributed by atoms with Crippen LogP contribution in [0.25, 0.3) is 6.08 Å². The summed E-state index contributed by atoms with van der Waals surface area (Å²) in [4.78, 5) is 25.2. The third-order valence-electron chi connectivity index (χ3n) is 3.39. The second-order valence-corrected chi connectivity index (χ2v) is 5.26. The molecule has 2 amide bonds. The van der Waals surface area contributed by atoms with Gasteiger partial charge in [0.05, 0.1) is 19.3 Å². The molecule has 1 aromatic rings. The van der Waals surface area contributed by atoms with Crippen molar-refractivity contribution in [3.8, 4) is 0 Å². The van der Waals surface area contributed by atoms with Crippen molar-refractivity contribution in [1.82, 2.24) is 4.90 Å². The first-order valence-corrected chi connectivity index (χ1v) is 7.71. The van der Waals surface area contributed by atoms with E-state index in [0.29, 0.717) is 32.0 Å². The Morgan fingerprint density at radius 1 is 1.39 bits per heavy atom. The molecule has 0 saturated carbocycles. The minimum atomic E-state index is -0.369. The van der Waals surface area contributed by atoms with Crippen LogP contribution in [0.1, 0.15) is 19.4 Å². The van der Waals surface area contributed by atoms with E-state index in [4.69, 9.17) is 9.47 Å². The van der Waals surface area contributed by atoms with E-state index in [9.17, 15) is 9.59 Å². The molecule has 1 fully saturated rings. The molecular formula is C17H22N2O4. The fraction of sp³-hybridized carbons (Fsp3) is 0.412. The van der Waals surface area contributed by atoms with E-state index in [-0.39, 0.29) is 18.1 Å². The maximum absolute atomic E-state index is 12.2. The third kappa shape index (κ3) is 5.41. The first-order chi connectivity index (χ1) is 11.1. The van der Waals surface area contributed by atoms with Crippen molar-refractivity contribution in [2.75, 3.05) is 31.6 Å². The largest absolute Gasteiger partial charge is 0.463 e. The average molecular weight is 318 g/mol. The first kappa shape index (κ1) is 17.0. The van der Waals surface area contributed by atoms with Crippen molar-refractivity contribution in [1.29, 1.82) is 0 Å². The van der Waals surface area contributed by atoms with E-state index < -0.39 is 0 Å². The average Bonchev–Trinajstić information content (AvgIpc) is 2.54. The minimum Gasteiger partial charge on any atom is -0.463 e. The lowest BCUT2D eigenvalue weighted by molar-refractivity contribution is -0.137. The molecule has 6 heteroatoms. The van der Waals surface area contributed by atoms with E-state index in [2.05, 4.69) is 5.32 Å². The number of nitrogens with one attached hydrogen (secondary N) is 1. The molecule has 0 aliphatic carbocycles. The highest BCUT2D eigenvalue weighted by molar-refractivity contribution is 5.90. The number of carbonyl (C=O) groups is 2. The number of amides is 2. The summed E-state index contributed by atoms with van der Waals surface area (Å²) in [6.07, 6.45) is 3.12. The SMILES string of the molecule is CCOC(=O)/C=C/c1ccc(NC(=O)N2CCOC(C)C2)cc1. The molecule has 0 bridgehead atoms. The molecule has 124 valence electrons. The van der Waals surface area contributed by atoms with Crippen LogP contribution in [0.4, 0.5) is 10.5 Å². The molecule has 1 N–H and O–H groups in total. The summed E-state index contributed by atoms with van der Waals surface area (Å²) in [5.41, 5.74) is 1.57. The quantitative estimate of drug-likeness (QED) is 0.684. The molecule has 1 saturated heterocycles. The van der Waals surface area contributed by atoms with Gasteiger partial charge in [-0.05, 0) is 37.6 Å². The van der Waals surface area contributed by atoms with Crippen molar-refractivity contribution in [3.63, 3.8) is 0 Å². The fourth-order valence-corrected chi connectivity index (χ4v) is 2.24. The zero-order valence-corrected chi connectivity index (χ0v) is 13.5. The Bertz CT molecular complexity index is 568. The van der Waals surface area contributed by atoms with Gasteiger partial charge in [-0.1, -0.05) is 12.1 Å². The predicted octanol–water partition coefficient (Wildman–Crippen LogP) is 2.52. The highest BCUT2D eigenvalue weighted by Crippen LogP contribution is 2.13. The number of anilines is 1. The topological polar surface area (TPSA) is 67.9 Å². The standard InChI is InChI=1S/C17H22N2O4/c1-3-22-16(20)9-6-14-4-7-15(8-5-14)18-17(21)19-10-11-23-13(2)12-19/h4-9,13H,3,10-12H2,1-2H3,(H,18,21)/b9-6+. The van der Waals surface area contributed by atoms with Gasteiger partial charge in [0.2, 0.25) is 0 Å². The van der Waals surface area contributed by atoms with Crippen molar-refractivity contribution in [3.05, 3.63) is 35.9 Å². The second-order valence-electron chi connectivity index (χ2n) is 5.26. The van der Waals surface area contributed by atoms with Gasteiger partial charge in [0, 0.05) is 24.9 Å². The van der Waals surface area contributed by atoms with E-state index >= 15 is 0 Å². The smallest absolute Gasteiger partial charge is 0.330 e. The van der Waals surface area contributed by atoms with Gasteiger partial charge in [0.1, 0.15) is 0 Å². The summed E-state index contributed by atoms with van der Waals surface area (Å²) in [7, 11) is 0. The van der Waals surface area contributed by atoms with E-state index in [1.165, 1.54) is 6.08 Å². The molecule has 0 radical (unpaired) electrons. The number of morpholine rings is 1. The lowest BCUT2D eigenvalue weighted by Crippen LogP contribution is -2.46. The van der Waals surface area contributed by atoms with Gasteiger partial charge in [-0.15, -0.1) is 0 Å². The lowest BCUT2D eigenvalue weighted by atomic mass is 10.2. The highest BCUT2D eigenvalue weighted by Gasteiger charge is 2.21. The van der Waals surface area contributed by atoms with Crippen LogP contribution in [-0.2, 0) is 14.3 Å². The molecule has 1 aliphatic rings. The number of nitrogens with zero attached hydrogens (tertiary/aromatic N) is 1. The van der Waals surface area contributed by atoms with Gasteiger partial charge < -0.3 is 19.7 Å².